The van der Waals surface area contributed by atoms with Gasteiger partial charge < -0.3 is 9.64 Å². The molecule has 0 unspecified atom stereocenters. The van der Waals surface area contributed by atoms with Crippen molar-refractivity contribution in [1.29, 1.82) is 5.26 Å². The number of amides is 1. The molecule has 0 aliphatic carbocycles. The van der Waals surface area contributed by atoms with Crippen LogP contribution in [0.2, 0.25) is 0 Å². The van der Waals surface area contributed by atoms with Crippen molar-refractivity contribution in [2.24, 2.45) is 0 Å². The van der Waals surface area contributed by atoms with Crippen molar-refractivity contribution < 1.29 is 9.53 Å². The van der Waals surface area contributed by atoms with Gasteiger partial charge in [0.15, 0.2) is 0 Å². The number of anilines is 1. The summed E-state index contributed by atoms with van der Waals surface area (Å²) in [4.78, 5) is 13.9. The zero-order valence-corrected chi connectivity index (χ0v) is 12.0. The molecule has 0 saturated heterocycles. The van der Waals surface area contributed by atoms with Crippen molar-refractivity contribution in [3.63, 3.8) is 0 Å². The molecule has 21 heavy (non-hydrogen) atoms. The first-order valence-corrected chi connectivity index (χ1v) is 6.55. The summed E-state index contributed by atoms with van der Waals surface area (Å²) in [5.41, 5.74) is 1.92. The van der Waals surface area contributed by atoms with Crippen LogP contribution in [0.15, 0.2) is 48.5 Å². The summed E-state index contributed by atoms with van der Waals surface area (Å²) in [5, 5.41) is 9.11. The zero-order chi connectivity index (χ0) is 15.2. The first-order chi connectivity index (χ1) is 10.2. The van der Waals surface area contributed by atoms with Gasteiger partial charge in [-0.1, -0.05) is 30.3 Å². The van der Waals surface area contributed by atoms with Gasteiger partial charge in [0.2, 0.25) is 5.91 Å². The number of carbonyl (C=O) groups is 1. The molecule has 4 heteroatoms. The van der Waals surface area contributed by atoms with Crippen LogP contribution in [0.3, 0.4) is 0 Å². The van der Waals surface area contributed by atoms with Gasteiger partial charge in [-0.3, -0.25) is 4.79 Å². The molecule has 0 saturated carbocycles. The van der Waals surface area contributed by atoms with Gasteiger partial charge in [0.05, 0.1) is 24.8 Å². The average molecular weight is 280 g/mol. The number of ether oxygens (including phenoxy) is 1. The molecule has 1 amide bonds. The fourth-order valence-electron chi connectivity index (χ4n) is 2.13. The second kappa shape index (κ2) is 6.58. The lowest BCUT2D eigenvalue weighted by Gasteiger charge is -2.19. The van der Waals surface area contributed by atoms with E-state index in [0.29, 0.717) is 17.0 Å². The summed E-state index contributed by atoms with van der Waals surface area (Å²) in [6.07, 6.45) is 0.222. The van der Waals surface area contributed by atoms with Crippen molar-refractivity contribution >= 4 is 11.6 Å². The fourth-order valence-corrected chi connectivity index (χ4v) is 2.13. The van der Waals surface area contributed by atoms with E-state index in [4.69, 9.17) is 10.00 Å². The Morgan fingerprint density at radius 3 is 2.57 bits per heavy atom. The van der Waals surface area contributed by atoms with Gasteiger partial charge in [0.25, 0.3) is 0 Å². The summed E-state index contributed by atoms with van der Waals surface area (Å²) in [6.45, 7) is 0. The number of hydrogen-bond donors (Lipinski definition) is 0. The van der Waals surface area contributed by atoms with Crippen molar-refractivity contribution in [1.82, 2.24) is 0 Å². The highest BCUT2D eigenvalue weighted by molar-refractivity contribution is 5.95. The van der Waals surface area contributed by atoms with Crippen LogP contribution < -0.4 is 9.64 Å². The van der Waals surface area contributed by atoms with Crippen molar-refractivity contribution in [3.05, 3.63) is 59.7 Å². The van der Waals surface area contributed by atoms with Crippen LogP contribution in [0.5, 0.6) is 5.75 Å². The van der Waals surface area contributed by atoms with Gasteiger partial charge in [-0.15, -0.1) is 0 Å². The Morgan fingerprint density at radius 2 is 1.86 bits per heavy atom. The monoisotopic (exact) mass is 280 g/mol. The van der Waals surface area contributed by atoms with Crippen molar-refractivity contribution in [2.45, 2.75) is 6.42 Å². The van der Waals surface area contributed by atoms with Crippen LogP contribution >= 0.6 is 0 Å². The molecule has 2 aromatic rings. The number of para-hydroxylation sites is 2. The summed E-state index contributed by atoms with van der Waals surface area (Å²) < 4.78 is 5.25. The highest BCUT2D eigenvalue weighted by atomic mass is 16.5. The SMILES string of the molecule is COc1ccccc1CC(=O)N(C)c1ccccc1C#N. The quantitative estimate of drug-likeness (QED) is 0.865. The second-order valence-electron chi connectivity index (χ2n) is 4.57. The molecule has 0 aromatic heterocycles. The smallest absolute Gasteiger partial charge is 0.231 e. The highest BCUT2D eigenvalue weighted by Crippen LogP contribution is 2.22. The maximum absolute atomic E-state index is 12.4. The topological polar surface area (TPSA) is 53.3 Å². The number of carbonyl (C=O) groups excluding carboxylic acids is 1. The third-order valence-corrected chi connectivity index (χ3v) is 3.29. The van der Waals surface area contributed by atoms with Crippen LogP contribution in [-0.2, 0) is 11.2 Å². The van der Waals surface area contributed by atoms with E-state index in [1.165, 1.54) is 4.90 Å². The van der Waals surface area contributed by atoms with Gasteiger partial charge in [0.1, 0.15) is 11.8 Å². The Bertz CT molecular complexity index is 689. The van der Waals surface area contributed by atoms with E-state index in [0.717, 1.165) is 5.56 Å². The van der Waals surface area contributed by atoms with E-state index in [9.17, 15) is 4.79 Å². The predicted molar refractivity (Wildman–Crippen MR) is 81.3 cm³/mol. The Kier molecular flexibility index (Phi) is 4.57. The summed E-state index contributed by atoms with van der Waals surface area (Å²) >= 11 is 0. The number of benzene rings is 2. The molecule has 0 aliphatic heterocycles. The Morgan fingerprint density at radius 1 is 1.19 bits per heavy atom. The van der Waals surface area contributed by atoms with Crippen LogP contribution in [0, 0.1) is 11.3 Å². The van der Waals surface area contributed by atoms with Gasteiger partial charge >= 0.3 is 0 Å². The predicted octanol–water partition coefficient (Wildman–Crippen LogP) is 2.77. The molecular weight excluding hydrogens is 264 g/mol. The molecule has 0 atom stereocenters. The Balaban J connectivity index is 2.22. The lowest BCUT2D eigenvalue weighted by Crippen LogP contribution is -2.28. The van der Waals surface area contributed by atoms with E-state index in [-0.39, 0.29) is 12.3 Å². The van der Waals surface area contributed by atoms with E-state index < -0.39 is 0 Å². The van der Waals surface area contributed by atoms with Crippen molar-refractivity contribution in [3.8, 4) is 11.8 Å². The molecule has 0 bridgehead atoms. The number of nitrogens with zero attached hydrogens (tertiary/aromatic N) is 2. The largest absolute Gasteiger partial charge is 0.496 e. The molecule has 0 radical (unpaired) electrons. The Labute approximate surface area is 124 Å². The van der Waals surface area contributed by atoms with Crippen molar-refractivity contribution in [2.75, 3.05) is 19.1 Å². The molecule has 106 valence electrons. The number of hydrogen-bond acceptors (Lipinski definition) is 3. The molecule has 0 fully saturated rings. The number of methoxy groups -OCH3 is 1. The molecule has 0 spiro atoms. The van der Waals surface area contributed by atoms with Gasteiger partial charge in [-0.25, -0.2) is 0 Å². The molecule has 0 heterocycles. The number of rotatable bonds is 4. The van der Waals surface area contributed by atoms with E-state index >= 15 is 0 Å². The summed E-state index contributed by atoms with van der Waals surface area (Å²) in [7, 11) is 3.26. The second-order valence-corrected chi connectivity index (χ2v) is 4.57. The summed E-state index contributed by atoms with van der Waals surface area (Å²) in [6, 6.07) is 16.6. The zero-order valence-electron chi connectivity index (χ0n) is 12.0. The lowest BCUT2D eigenvalue weighted by molar-refractivity contribution is -0.117. The molecule has 2 rings (SSSR count). The molecule has 0 aliphatic rings. The number of nitriles is 1. The Hall–Kier alpha value is -2.80. The third-order valence-electron chi connectivity index (χ3n) is 3.29. The molecule has 4 nitrogen and oxygen atoms in total. The molecule has 0 N–H and O–H groups in total. The summed E-state index contributed by atoms with van der Waals surface area (Å²) in [5.74, 6) is 0.593. The maximum Gasteiger partial charge on any atom is 0.231 e. The minimum atomic E-state index is -0.0952. The molecular formula is C17H16N2O2. The molecule has 2 aromatic carbocycles. The normalized spacial score (nSPS) is 9.76. The van der Waals surface area contributed by atoms with Crippen LogP contribution in [0.4, 0.5) is 5.69 Å². The number of likely N-dealkylation sites (N-methyl/N-ethyl adjacent to an activating group) is 1. The van der Waals surface area contributed by atoms with Gasteiger partial charge in [-0.05, 0) is 18.2 Å². The highest BCUT2D eigenvalue weighted by Gasteiger charge is 2.16. The van der Waals surface area contributed by atoms with Crippen LogP contribution in [0.1, 0.15) is 11.1 Å². The van der Waals surface area contributed by atoms with Gasteiger partial charge in [-0.2, -0.15) is 5.26 Å². The third kappa shape index (κ3) is 3.21. The van der Waals surface area contributed by atoms with E-state index in [1.807, 2.05) is 30.3 Å². The van der Waals surface area contributed by atoms with Crippen LogP contribution in [0.25, 0.3) is 0 Å². The van der Waals surface area contributed by atoms with Gasteiger partial charge in [0, 0.05) is 12.6 Å². The minimum absolute atomic E-state index is 0.0952. The fraction of sp³-hybridized carbons (Fsp3) is 0.176. The van der Waals surface area contributed by atoms with E-state index in [1.54, 1.807) is 32.4 Å². The first kappa shape index (κ1) is 14.6. The van der Waals surface area contributed by atoms with Crippen LogP contribution in [-0.4, -0.2) is 20.1 Å². The maximum atomic E-state index is 12.4. The standard InChI is InChI=1S/C17H16N2O2/c1-19(15-9-5-3-8-14(15)12-18)17(20)11-13-7-4-6-10-16(13)21-2/h3-10H,11H2,1-2H3. The lowest BCUT2D eigenvalue weighted by atomic mass is 10.1. The minimum Gasteiger partial charge on any atom is -0.496 e. The first-order valence-electron chi connectivity index (χ1n) is 6.55. The van der Waals surface area contributed by atoms with E-state index in [2.05, 4.69) is 6.07 Å². The average Bonchev–Trinajstić information content (AvgIpc) is 2.54.